The minimum Gasteiger partial charge on any atom is -0.507 e. The average Bonchev–Trinajstić information content (AvgIpc) is 2.27. The zero-order valence-corrected chi connectivity index (χ0v) is 10.3. The van der Waals surface area contributed by atoms with Crippen LogP contribution in [0.3, 0.4) is 0 Å². The molecule has 94 valence electrons. The van der Waals surface area contributed by atoms with Crippen LogP contribution in [0.2, 0.25) is 0 Å². The van der Waals surface area contributed by atoms with Crippen LogP contribution in [0.25, 0.3) is 0 Å². The van der Waals surface area contributed by atoms with Crippen molar-refractivity contribution >= 4 is 5.91 Å². The van der Waals surface area contributed by atoms with Crippen LogP contribution in [0.4, 0.5) is 0 Å². The van der Waals surface area contributed by atoms with E-state index in [1.807, 2.05) is 6.92 Å². The number of hydrogen-bond donors (Lipinski definition) is 2. The molecule has 0 fully saturated rings. The van der Waals surface area contributed by atoms with Crippen molar-refractivity contribution in [1.82, 2.24) is 4.90 Å². The summed E-state index contributed by atoms with van der Waals surface area (Å²) in [6.45, 7) is 2.25. The van der Waals surface area contributed by atoms with E-state index in [0.29, 0.717) is 12.3 Å². The van der Waals surface area contributed by atoms with Crippen molar-refractivity contribution in [3.05, 3.63) is 23.8 Å². The summed E-state index contributed by atoms with van der Waals surface area (Å²) in [5.41, 5.74) is 5.86. The first-order chi connectivity index (χ1) is 7.95. The zero-order chi connectivity index (χ0) is 13.0. The van der Waals surface area contributed by atoms with Crippen molar-refractivity contribution in [2.45, 2.75) is 13.0 Å². The highest BCUT2D eigenvalue weighted by Gasteiger charge is 2.16. The van der Waals surface area contributed by atoms with Gasteiger partial charge in [0, 0.05) is 25.7 Å². The molecule has 0 aliphatic rings. The minimum absolute atomic E-state index is 0.0918. The van der Waals surface area contributed by atoms with Crippen molar-refractivity contribution < 1.29 is 14.6 Å². The molecule has 1 unspecified atom stereocenters. The summed E-state index contributed by atoms with van der Waals surface area (Å²) < 4.78 is 4.95. The van der Waals surface area contributed by atoms with Crippen LogP contribution in [0, 0.1) is 0 Å². The van der Waals surface area contributed by atoms with Crippen LogP contribution in [0.15, 0.2) is 18.2 Å². The van der Waals surface area contributed by atoms with E-state index in [1.54, 1.807) is 13.1 Å². The summed E-state index contributed by atoms with van der Waals surface area (Å²) in [7, 11) is 3.15. The van der Waals surface area contributed by atoms with E-state index >= 15 is 0 Å². The number of nitrogens with zero attached hydrogens (tertiary/aromatic N) is 1. The van der Waals surface area contributed by atoms with Crippen LogP contribution in [0.1, 0.15) is 17.3 Å². The zero-order valence-electron chi connectivity index (χ0n) is 10.3. The predicted octanol–water partition coefficient (Wildman–Crippen LogP) is 0.820. The topological polar surface area (TPSA) is 75.8 Å². The molecule has 3 N–H and O–H groups in total. The molecule has 0 aromatic heterocycles. The molecule has 17 heavy (non-hydrogen) atoms. The molecule has 0 aliphatic carbocycles. The number of aromatic hydroxyl groups is 1. The van der Waals surface area contributed by atoms with Crippen molar-refractivity contribution in [3.8, 4) is 11.5 Å². The Labute approximate surface area is 101 Å². The third-order valence-electron chi connectivity index (χ3n) is 2.34. The second kappa shape index (κ2) is 5.54. The molecule has 1 aromatic rings. The van der Waals surface area contributed by atoms with Gasteiger partial charge in [0.2, 0.25) is 0 Å². The lowest BCUT2D eigenvalue weighted by atomic mass is 10.1. The van der Waals surface area contributed by atoms with E-state index in [1.165, 1.54) is 24.1 Å². The molecule has 0 saturated carbocycles. The van der Waals surface area contributed by atoms with E-state index in [-0.39, 0.29) is 23.3 Å². The third kappa shape index (κ3) is 3.35. The first kappa shape index (κ1) is 13.3. The van der Waals surface area contributed by atoms with E-state index in [9.17, 15) is 9.90 Å². The number of likely N-dealkylation sites (N-methyl/N-ethyl adjacent to an activating group) is 1. The SMILES string of the molecule is COc1ccc(C(=O)N(C)CC(C)N)c(O)c1. The Morgan fingerprint density at radius 1 is 1.59 bits per heavy atom. The fraction of sp³-hybridized carbons (Fsp3) is 0.417. The molecule has 0 bridgehead atoms. The lowest BCUT2D eigenvalue weighted by Crippen LogP contribution is -2.36. The Balaban J connectivity index is 2.89. The molecule has 0 saturated heterocycles. The number of ether oxygens (including phenoxy) is 1. The predicted molar refractivity (Wildman–Crippen MR) is 65.3 cm³/mol. The van der Waals surface area contributed by atoms with Gasteiger partial charge in [0.15, 0.2) is 0 Å². The average molecular weight is 238 g/mol. The monoisotopic (exact) mass is 238 g/mol. The van der Waals surface area contributed by atoms with Crippen LogP contribution in [0.5, 0.6) is 11.5 Å². The van der Waals surface area contributed by atoms with Gasteiger partial charge in [-0.1, -0.05) is 0 Å². The van der Waals surface area contributed by atoms with Crippen LogP contribution < -0.4 is 10.5 Å². The van der Waals surface area contributed by atoms with E-state index in [2.05, 4.69) is 0 Å². The number of amides is 1. The third-order valence-corrected chi connectivity index (χ3v) is 2.34. The Morgan fingerprint density at radius 2 is 2.24 bits per heavy atom. The number of phenolic OH excluding ortho intramolecular Hbond substituents is 1. The quantitative estimate of drug-likeness (QED) is 0.814. The maximum absolute atomic E-state index is 12.0. The molecular weight excluding hydrogens is 220 g/mol. The number of phenols is 1. The second-order valence-corrected chi connectivity index (χ2v) is 4.05. The minimum atomic E-state index is -0.262. The number of nitrogens with two attached hydrogens (primary N) is 1. The summed E-state index contributed by atoms with van der Waals surface area (Å²) in [5, 5.41) is 9.72. The summed E-state index contributed by atoms with van der Waals surface area (Å²) in [4.78, 5) is 13.4. The molecule has 1 rings (SSSR count). The number of carbonyl (C=O) groups is 1. The Hall–Kier alpha value is -1.75. The van der Waals surface area contributed by atoms with E-state index in [0.717, 1.165) is 0 Å². The van der Waals surface area contributed by atoms with Gasteiger partial charge in [-0.15, -0.1) is 0 Å². The van der Waals surface area contributed by atoms with Crippen molar-refractivity contribution in [3.63, 3.8) is 0 Å². The van der Waals surface area contributed by atoms with Gasteiger partial charge in [-0.3, -0.25) is 4.79 Å². The molecule has 1 atom stereocenters. The van der Waals surface area contributed by atoms with Gasteiger partial charge >= 0.3 is 0 Å². The van der Waals surface area contributed by atoms with Gasteiger partial charge in [-0.25, -0.2) is 0 Å². The number of rotatable bonds is 4. The molecule has 1 aromatic carbocycles. The Morgan fingerprint density at radius 3 is 2.71 bits per heavy atom. The summed E-state index contributed by atoms with van der Waals surface area (Å²) >= 11 is 0. The van der Waals surface area contributed by atoms with Crippen LogP contribution in [-0.4, -0.2) is 42.7 Å². The van der Waals surface area contributed by atoms with Crippen molar-refractivity contribution in [2.24, 2.45) is 5.73 Å². The molecule has 0 aliphatic heterocycles. The molecule has 1 amide bonds. The summed E-state index contributed by atoms with van der Waals surface area (Å²) in [5.74, 6) is 0.155. The van der Waals surface area contributed by atoms with Gasteiger partial charge in [-0.2, -0.15) is 0 Å². The smallest absolute Gasteiger partial charge is 0.257 e. The first-order valence-corrected chi connectivity index (χ1v) is 5.33. The van der Waals surface area contributed by atoms with Gasteiger partial charge in [0.05, 0.1) is 12.7 Å². The van der Waals surface area contributed by atoms with E-state index in [4.69, 9.17) is 10.5 Å². The lowest BCUT2D eigenvalue weighted by Gasteiger charge is -2.19. The Kier molecular flexibility index (Phi) is 4.34. The fourth-order valence-electron chi connectivity index (χ4n) is 1.54. The van der Waals surface area contributed by atoms with Crippen molar-refractivity contribution in [1.29, 1.82) is 0 Å². The molecule has 0 heterocycles. The van der Waals surface area contributed by atoms with Crippen LogP contribution in [-0.2, 0) is 0 Å². The standard InChI is InChI=1S/C12H18N2O3/c1-8(13)7-14(2)12(16)10-5-4-9(17-3)6-11(10)15/h4-6,8,15H,7,13H2,1-3H3. The highest BCUT2D eigenvalue weighted by Crippen LogP contribution is 2.24. The second-order valence-electron chi connectivity index (χ2n) is 4.05. The molecule has 0 radical (unpaired) electrons. The summed E-state index contributed by atoms with van der Waals surface area (Å²) in [6, 6.07) is 4.47. The maximum atomic E-state index is 12.0. The highest BCUT2D eigenvalue weighted by atomic mass is 16.5. The molecule has 0 spiro atoms. The maximum Gasteiger partial charge on any atom is 0.257 e. The largest absolute Gasteiger partial charge is 0.507 e. The normalized spacial score (nSPS) is 12.0. The van der Waals surface area contributed by atoms with E-state index < -0.39 is 0 Å². The first-order valence-electron chi connectivity index (χ1n) is 5.33. The molecular formula is C12H18N2O3. The molecule has 5 heteroatoms. The van der Waals surface area contributed by atoms with Gasteiger partial charge < -0.3 is 20.5 Å². The van der Waals surface area contributed by atoms with Gasteiger partial charge in [-0.05, 0) is 19.1 Å². The lowest BCUT2D eigenvalue weighted by molar-refractivity contribution is 0.0785. The number of carbonyl (C=O) groups excluding carboxylic acids is 1. The number of hydrogen-bond acceptors (Lipinski definition) is 4. The molecule has 5 nitrogen and oxygen atoms in total. The summed E-state index contributed by atoms with van der Waals surface area (Å²) in [6.07, 6.45) is 0. The van der Waals surface area contributed by atoms with Gasteiger partial charge in [0.25, 0.3) is 5.91 Å². The Bertz CT molecular complexity index is 405. The van der Waals surface area contributed by atoms with Gasteiger partial charge in [0.1, 0.15) is 11.5 Å². The van der Waals surface area contributed by atoms with Crippen LogP contribution >= 0.6 is 0 Å². The van der Waals surface area contributed by atoms with Crippen molar-refractivity contribution in [2.75, 3.05) is 20.7 Å². The highest BCUT2D eigenvalue weighted by molar-refractivity contribution is 5.96. The number of benzene rings is 1. The fourth-order valence-corrected chi connectivity index (χ4v) is 1.54. The number of methoxy groups -OCH3 is 1.